The minimum absolute atomic E-state index is 0.0645. The molecular formula is C22H26N2O2. The highest BCUT2D eigenvalue weighted by molar-refractivity contribution is 6.01. The zero-order chi connectivity index (χ0) is 18.7. The van der Waals surface area contributed by atoms with Crippen LogP contribution in [0.2, 0.25) is 0 Å². The summed E-state index contributed by atoms with van der Waals surface area (Å²) in [7, 11) is 0. The number of likely N-dealkylation sites (tertiary alicyclic amines) is 1. The van der Waals surface area contributed by atoms with Crippen LogP contribution in [0.25, 0.3) is 0 Å². The molecule has 1 unspecified atom stereocenters. The van der Waals surface area contributed by atoms with Gasteiger partial charge in [-0.1, -0.05) is 25.1 Å². The highest BCUT2D eigenvalue weighted by atomic mass is 16.2. The summed E-state index contributed by atoms with van der Waals surface area (Å²) in [6.07, 6.45) is 2.50. The van der Waals surface area contributed by atoms with Crippen LogP contribution in [-0.2, 0) is 11.2 Å². The molecule has 3 rings (SSSR count). The maximum Gasteiger partial charge on any atom is 0.254 e. The molecule has 1 saturated heterocycles. The van der Waals surface area contributed by atoms with E-state index in [9.17, 15) is 9.59 Å². The number of benzene rings is 2. The number of anilines is 1. The van der Waals surface area contributed by atoms with Gasteiger partial charge in [0.15, 0.2) is 0 Å². The van der Waals surface area contributed by atoms with Gasteiger partial charge in [0.25, 0.3) is 5.91 Å². The van der Waals surface area contributed by atoms with Crippen molar-refractivity contribution in [3.05, 3.63) is 64.7 Å². The van der Waals surface area contributed by atoms with E-state index in [1.165, 1.54) is 11.1 Å². The van der Waals surface area contributed by atoms with Crippen LogP contribution < -0.4 is 5.32 Å². The number of hydrogen-bond acceptors (Lipinski definition) is 2. The van der Waals surface area contributed by atoms with Crippen molar-refractivity contribution in [3.63, 3.8) is 0 Å². The second-order valence-corrected chi connectivity index (χ2v) is 7.00. The van der Waals surface area contributed by atoms with Crippen LogP contribution in [0.15, 0.2) is 42.5 Å². The molecule has 0 saturated carbocycles. The van der Waals surface area contributed by atoms with Gasteiger partial charge in [-0.2, -0.15) is 0 Å². The van der Waals surface area contributed by atoms with Crippen LogP contribution in [0.4, 0.5) is 5.69 Å². The molecule has 2 amide bonds. The number of rotatable bonds is 4. The summed E-state index contributed by atoms with van der Waals surface area (Å²) < 4.78 is 0. The summed E-state index contributed by atoms with van der Waals surface area (Å²) in [4.78, 5) is 27.3. The number of nitrogens with zero attached hydrogens (tertiary/aromatic N) is 1. The van der Waals surface area contributed by atoms with Gasteiger partial charge in [0.2, 0.25) is 5.91 Å². The topological polar surface area (TPSA) is 49.4 Å². The Balaban J connectivity index is 1.72. The van der Waals surface area contributed by atoms with Crippen LogP contribution in [0, 0.1) is 13.8 Å². The van der Waals surface area contributed by atoms with Gasteiger partial charge in [-0.25, -0.2) is 0 Å². The van der Waals surface area contributed by atoms with E-state index in [1.54, 1.807) is 4.90 Å². The molecule has 2 aromatic carbocycles. The van der Waals surface area contributed by atoms with Crippen LogP contribution in [-0.4, -0.2) is 29.3 Å². The van der Waals surface area contributed by atoms with Crippen molar-refractivity contribution in [2.45, 2.75) is 46.1 Å². The maximum atomic E-state index is 12.9. The van der Waals surface area contributed by atoms with E-state index in [-0.39, 0.29) is 11.8 Å². The Morgan fingerprint density at radius 3 is 2.46 bits per heavy atom. The van der Waals surface area contributed by atoms with E-state index < -0.39 is 6.04 Å². The van der Waals surface area contributed by atoms with Gasteiger partial charge >= 0.3 is 0 Å². The van der Waals surface area contributed by atoms with Crippen molar-refractivity contribution in [2.24, 2.45) is 0 Å². The highest BCUT2D eigenvalue weighted by Gasteiger charge is 2.34. The Hall–Kier alpha value is -2.62. The Morgan fingerprint density at radius 2 is 1.81 bits per heavy atom. The van der Waals surface area contributed by atoms with Gasteiger partial charge in [0.1, 0.15) is 6.04 Å². The normalized spacial score (nSPS) is 16.6. The van der Waals surface area contributed by atoms with Gasteiger partial charge in [-0.05, 0) is 74.1 Å². The lowest BCUT2D eigenvalue weighted by Crippen LogP contribution is -2.43. The van der Waals surface area contributed by atoms with E-state index in [0.717, 1.165) is 24.1 Å². The Kier molecular flexibility index (Phi) is 5.40. The average Bonchev–Trinajstić information content (AvgIpc) is 3.14. The third-order valence-electron chi connectivity index (χ3n) is 5.20. The van der Waals surface area contributed by atoms with Gasteiger partial charge in [-0.3, -0.25) is 9.59 Å². The van der Waals surface area contributed by atoms with Gasteiger partial charge in [0, 0.05) is 17.8 Å². The van der Waals surface area contributed by atoms with Crippen LogP contribution in [0.3, 0.4) is 0 Å². The molecule has 0 bridgehead atoms. The van der Waals surface area contributed by atoms with E-state index in [2.05, 4.69) is 12.2 Å². The first-order valence-corrected chi connectivity index (χ1v) is 9.27. The molecule has 2 aromatic rings. The third-order valence-corrected chi connectivity index (χ3v) is 5.20. The number of amides is 2. The number of aryl methyl sites for hydroxylation is 3. The van der Waals surface area contributed by atoms with Crippen molar-refractivity contribution in [2.75, 3.05) is 11.9 Å². The largest absolute Gasteiger partial charge is 0.327 e. The summed E-state index contributed by atoms with van der Waals surface area (Å²) in [6, 6.07) is 13.1. The molecule has 0 spiro atoms. The smallest absolute Gasteiger partial charge is 0.254 e. The lowest BCUT2D eigenvalue weighted by molar-refractivity contribution is -0.119. The monoisotopic (exact) mass is 350 g/mol. The molecule has 136 valence electrons. The predicted octanol–water partition coefficient (Wildman–Crippen LogP) is 4.11. The Morgan fingerprint density at radius 1 is 1.08 bits per heavy atom. The van der Waals surface area contributed by atoms with Crippen LogP contribution >= 0.6 is 0 Å². The average molecular weight is 350 g/mol. The molecule has 26 heavy (non-hydrogen) atoms. The number of carbonyl (C=O) groups excluding carboxylic acids is 2. The minimum Gasteiger partial charge on any atom is -0.327 e. The first-order valence-electron chi connectivity index (χ1n) is 9.27. The summed E-state index contributed by atoms with van der Waals surface area (Å²) >= 11 is 0. The fraction of sp³-hybridized carbons (Fsp3) is 0.364. The van der Waals surface area contributed by atoms with Gasteiger partial charge < -0.3 is 10.2 Å². The SMILES string of the molecule is CCc1ccc(C(=O)N2CCCC2C(=O)Nc2ccc(C)c(C)c2)cc1. The molecule has 1 N–H and O–H groups in total. The van der Waals surface area contributed by atoms with E-state index >= 15 is 0 Å². The molecule has 4 heteroatoms. The molecular weight excluding hydrogens is 324 g/mol. The zero-order valence-electron chi connectivity index (χ0n) is 15.7. The summed E-state index contributed by atoms with van der Waals surface area (Å²) in [6.45, 7) is 6.78. The number of carbonyl (C=O) groups is 2. The Bertz CT molecular complexity index is 811. The van der Waals surface area contributed by atoms with Crippen molar-refractivity contribution >= 4 is 17.5 Å². The number of hydrogen-bond donors (Lipinski definition) is 1. The van der Waals surface area contributed by atoms with Gasteiger partial charge in [-0.15, -0.1) is 0 Å². The molecule has 0 radical (unpaired) electrons. The van der Waals surface area contributed by atoms with E-state index in [0.29, 0.717) is 18.5 Å². The molecule has 1 fully saturated rings. The summed E-state index contributed by atoms with van der Waals surface area (Å²) in [5.74, 6) is -0.172. The van der Waals surface area contributed by atoms with E-state index in [4.69, 9.17) is 0 Å². The minimum atomic E-state index is -0.407. The van der Waals surface area contributed by atoms with Crippen LogP contribution in [0.5, 0.6) is 0 Å². The summed E-state index contributed by atoms with van der Waals surface area (Å²) in [5.41, 5.74) is 4.96. The standard InChI is InChI=1S/C22H26N2O2/c1-4-17-8-10-18(11-9-17)22(26)24-13-5-6-20(24)21(25)23-19-12-7-15(2)16(3)14-19/h7-12,14,20H,4-6,13H2,1-3H3,(H,23,25). The lowest BCUT2D eigenvalue weighted by atomic mass is 10.1. The fourth-order valence-corrected chi connectivity index (χ4v) is 3.38. The van der Waals surface area contributed by atoms with Crippen molar-refractivity contribution in [1.29, 1.82) is 0 Å². The summed E-state index contributed by atoms with van der Waals surface area (Å²) in [5, 5.41) is 2.97. The second kappa shape index (κ2) is 7.73. The van der Waals surface area contributed by atoms with Crippen LogP contribution in [0.1, 0.15) is 46.8 Å². The predicted molar refractivity (Wildman–Crippen MR) is 104 cm³/mol. The highest BCUT2D eigenvalue weighted by Crippen LogP contribution is 2.23. The molecule has 0 aliphatic carbocycles. The molecule has 0 aromatic heterocycles. The first kappa shape index (κ1) is 18.2. The molecule has 1 heterocycles. The maximum absolute atomic E-state index is 12.9. The molecule has 1 aliphatic heterocycles. The van der Waals surface area contributed by atoms with Crippen molar-refractivity contribution in [3.8, 4) is 0 Å². The van der Waals surface area contributed by atoms with Crippen molar-refractivity contribution in [1.82, 2.24) is 4.90 Å². The number of nitrogens with one attached hydrogen (secondary N) is 1. The first-order chi connectivity index (χ1) is 12.5. The molecule has 1 atom stereocenters. The zero-order valence-corrected chi connectivity index (χ0v) is 15.7. The fourth-order valence-electron chi connectivity index (χ4n) is 3.38. The lowest BCUT2D eigenvalue weighted by Gasteiger charge is -2.24. The second-order valence-electron chi connectivity index (χ2n) is 7.00. The quantitative estimate of drug-likeness (QED) is 0.902. The Labute approximate surface area is 155 Å². The third kappa shape index (κ3) is 3.79. The van der Waals surface area contributed by atoms with Gasteiger partial charge in [0.05, 0.1) is 0 Å². The molecule has 1 aliphatic rings. The van der Waals surface area contributed by atoms with Crippen molar-refractivity contribution < 1.29 is 9.59 Å². The van der Waals surface area contributed by atoms with E-state index in [1.807, 2.05) is 56.3 Å². The molecule has 4 nitrogen and oxygen atoms in total.